The number of hydrogen-bond acceptors (Lipinski definition) is 5. The van der Waals surface area contributed by atoms with Gasteiger partial charge < -0.3 is 19.4 Å². The SMILES string of the molecule is CCOc1cc2cc(CCCCC(=O)[O-])sc2cc1OCC.[Na+]. The van der Waals surface area contributed by atoms with Crippen molar-refractivity contribution in [2.45, 2.75) is 39.5 Å². The van der Waals surface area contributed by atoms with E-state index in [9.17, 15) is 9.90 Å². The standard InChI is InChI=1S/C17H22O4S.Na/c1-3-20-14-10-12-9-13(7-5-6-8-17(18)19)22-16(12)11-15(14)21-4-2;/h9-11H,3-8H2,1-2H3,(H,18,19);/q;+1/p-1. The number of carbonyl (C=O) groups excluding carboxylic acids is 1. The van der Waals surface area contributed by atoms with Crippen LogP contribution in [0.2, 0.25) is 0 Å². The van der Waals surface area contributed by atoms with Crippen molar-refractivity contribution < 1.29 is 48.9 Å². The molecule has 2 rings (SSSR count). The van der Waals surface area contributed by atoms with Gasteiger partial charge in [0.1, 0.15) is 0 Å². The zero-order valence-corrected chi connectivity index (χ0v) is 16.8. The number of aryl methyl sites for hydroxylation is 1. The molecule has 0 radical (unpaired) electrons. The molecule has 0 amide bonds. The van der Waals surface area contributed by atoms with Gasteiger partial charge in [0, 0.05) is 21.6 Å². The van der Waals surface area contributed by atoms with Crippen molar-refractivity contribution in [3.8, 4) is 11.5 Å². The van der Waals surface area contributed by atoms with E-state index in [-0.39, 0.29) is 36.0 Å². The maximum Gasteiger partial charge on any atom is 1.00 e. The minimum atomic E-state index is -0.973. The van der Waals surface area contributed by atoms with E-state index in [1.165, 1.54) is 9.58 Å². The van der Waals surface area contributed by atoms with E-state index in [4.69, 9.17) is 9.47 Å². The van der Waals surface area contributed by atoms with E-state index in [2.05, 4.69) is 6.07 Å². The summed E-state index contributed by atoms with van der Waals surface area (Å²) in [4.78, 5) is 11.7. The molecule has 0 unspecified atom stereocenters. The number of carboxylic acid groups (broad SMARTS) is 1. The van der Waals surface area contributed by atoms with Crippen molar-refractivity contribution in [1.29, 1.82) is 0 Å². The van der Waals surface area contributed by atoms with Crippen LogP contribution in [-0.4, -0.2) is 19.2 Å². The molecule has 1 heterocycles. The fraction of sp³-hybridized carbons (Fsp3) is 0.471. The second-order valence-electron chi connectivity index (χ2n) is 4.99. The number of carbonyl (C=O) groups is 1. The van der Waals surface area contributed by atoms with Crippen LogP contribution >= 0.6 is 11.3 Å². The van der Waals surface area contributed by atoms with Crippen LogP contribution in [0.25, 0.3) is 10.1 Å². The number of rotatable bonds is 9. The molecule has 0 saturated carbocycles. The fourth-order valence-corrected chi connectivity index (χ4v) is 3.45. The molecular formula is C17H21NaO4S. The van der Waals surface area contributed by atoms with Crippen LogP contribution in [0.4, 0.5) is 0 Å². The first-order chi connectivity index (χ1) is 10.6. The molecule has 1 aromatic carbocycles. The molecule has 0 aliphatic rings. The Morgan fingerprint density at radius 3 is 2.35 bits per heavy atom. The van der Waals surface area contributed by atoms with E-state index in [0.29, 0.717) is 19.6 Å². The van der Waals surface area contributed by atoms with Gasteiger partial charge in [0.15, 0.2) is 11.5 Å². The molecule has 0 atom stereocenters. The fourth-order valence-electron chi connectivity index (χ4n) is 2.33. The quantitative estimate of drug-likeness (QED) is 0.481. The van der Waals surface area contributed by atoms with Gasteiger partial charge in [-0.1, -0.05) is 0 Å². The van der Waals surface area contributed by atoms with Crippen molar-refractivity contribution in [3.63, 3.8) is 0 Å². The van der Waals surface area contributed by atoms with E-state index >= 15 is 0 Å². The Labute approximate surface area is 163 Å². The summed E-state index contributed by atoms with van der Waals surface area (Å²) in [6.07, 6.45) is 2.54. The molecule has 0 aliphatic heterocycles. The summed E-state index contributed by atoms with van der Waals surface area (Å²) >= 11 is 1.72. The van der Waals surface area contributed by atoms with Crippen molar-refractivity contribution >= 4 is 27.4 Å². The van der Waals surface area contributed by atoms with Gasteiger partial charge in [-0.25, -0.2) is 0 Å². The first-order valence-electron chi connectivity index (χ1n) is 7.66. The monoisotopic (exact) mass is 344 g/mol. The number of thiophene rings is 1. The number of carboxylic acids is 1. The van der Waals surface area contributed by atoms with Gasteiger partial charge in [-0.05, 0) is 57.0 Å². The molecule has 4 nitrogen and oxygen atoms in total. The van der Waals surface area contributed by atoms with Gasteiger partial charge in [-0.3, -0.25) is 0 Å². The van der Waals surface area contributed by atoms with E-state index in [1.54, 1.807) is 11.3 Å². The third kappa shape index (κ3) is 5.99. The van der Waals surface area contributed by atoms with E-state index in [1.807, 2.05) is 26.0 Å². The van der Waals surface area contributed by atoms with Crippen LogP contribution in [0.3, 0.4) is 0 Å². The Balaban J connectivity index is 0.00000264. The number of benzene rings is 1. The van der Waals surface area contributed by atoms with Gasteiger partial charge in [0.05, 0.1) is 13.2 Å². The maximum absolute atomic E-state index is 10.4. The Kier molecular flexibility index (Phi) is 8.99. The normalized spacial score (nSPS) is 10.3. The van der Waals surface area contributed by atoms with Crippen LogP contribution < -0.4 is 44.1 Å². The first-order valence-corrected chi connectivity index (χ1v) is 8.47. The van der Waals surface area contributed by atoms with Crippen LogP contribution in [0.5, 0.6) is 11.5 Å². The average molecular weight is 344 g/mol. The summed E-state index contributed by atoms with van der Waals surface area (Å²) in [6, 6.07) is 6.20. The molecule has 120 valence electrons. The Morgan fingerprint density at radius 2 is 1.74 bits per heavy atom. The smallest absolute Gasteiger partial charge is 0.550 e. The Hall–Kier alpha value is -0.750. The third-order valence-corrected chi connectivity index (χ3v) is 4.45. The Bertz CT molecular complexity index is 596. The van der Waals surface area contributed by atoms with Gasteiger partial charge >= 0.3 is 29.6 Å². The second-order valence-corrected chi connectivity index (χ2v) is 6.16. The van der Waals surface area contributed by atoms with Crippen LogP contribution in [0.15, 0.2) is 18.2 Å². The molecule has 0 N–H and O–H groups in total. The number of aliphatic carboxylic acids is 1. The van der Waals surface area contributed by atoms with Crippen molar-refractivity contribution in [1.82, 2.24) is 0 Å². The minimum absolute atomic E-state index is 0. The van der Waals surface area contributed by atoms with Gasteiger partial charge in [0.25, 0.3) is 0 Å². The van der Waals surface area contributed by atoms with Crippen LogP contribution in [0.1, 0.15) is 38.0 Å². The predicted octanol–water partition coefficient (Wildman–Crippen LogP) is 0.165. The molecule has 0 spiro atoms. The van der Waals surface area contributed by atoms with Gasteiger partial charge in [0.2, 0.25) is 0 Å². The van der Waals surface area contributed by atoms with E-state index in [0.717, 1.165) is 29.7 Å². The predicted molar refractivity (Wildman–Crippen MR) is 86.7 cm³/mol. The van der Waals surface area contributed by atoms with Crippen LogP contribution in [-0.2, 0) is 11.2 Å². The minimum Gasteiger partial charge on any atom is -0.550 e. The van der Waals surface area contributed by atoms with Crippen molar-refractivity contribution in [3.05, 3.63) is 23.1 Å². The largest absolute Gasteiger partial charge is 1.00 e. The number of ether oxygens (including phenoxy) is 2. The molecule has 23 heavy (non-hydrogen) atoms. The number of unbranched alkanes of at least 4 members (excludes halogenated alkanes) is 1. The number of fused-ring (bicyclic) bond motifs is 1. The molecule has 0 saturated heterocycles. The molecule has 0 bridgehead atoms. The summed E-state index contributed by atoms with van der Waals surface area (Å²) in [5, 5.41) is 11.6. The molecule has 2 aromatic rings. The summed E-state index contributed by atoms with van der Waals surface area (Å²) in [5.41, 5.74) is 0. The molecule has 6 heteroatoms. The third-order valence-electron chi connectivity index (χ3n) is 3.29. The summed E-state index contributed by atoms with van der Waals surface area (Å²) < 4.78 is 12.4. The summed E-state index contributed by atoms with van der Waals surface area (Å²) in [6.45, 7) is 5.12. The topological polar surface area (TPSA) is 58.6 Å². The van der Waals surface area contributed by atoms with Crippen molar-refractivity contribution in [2.24, 2.45) is 0 Å². The number of hydrogen-bond donors (Lipinski definition) is 0. The average Bonchev–Trinajstić information content (AvgIpc) is 2.86. The van der Waals surface area contributed by atoms with Gasteiger partial charge in [-0.2, -0.15) is 0 Å². The summed E-state index contributed by atoms with van der Waals surface area (Å²) in [7, 11) is 0. The second kappa shape index (κ2) is 10.2. The molecular weight excluding hydrogens is 323 g/mol. The maximum atomic E-state index is 10.4. The zero-order valence-electron chi connectivity index (χ0n) is 14.0. The van der Waals surface area contributed by atoms with Crippen LogP contribution in [0, 0.1) is 0 Å². The zero-order chi connectivity index (χ0) is 15.9. The van der Waals surface area contributed by atoms with Crippen molar-refractivity contribution in [2.75, 3.05) is 13.2 Å². The molecule has 0 aliphatic carbocycles. The van der Waals surface area contributed by atoms with Gasteiger partial charge in [-0.15, -0.1) is 11.3 Å². The summed E-state index contributed by atoms with van der Waals surface area (Å²) in [5.74, 6) is 0.583. The molecule has 1 aromatic heterocycles. The van der Waals surface area contributed by atoms with E-state index < -0.39 is 5.97 Å². The molecule has 0 fully saturated rings. The Morgan fingerprint density at radius 1 is 1.09 bits per heavy atom. The first kappa shape index (κ1) is 20.3.